The minimum atomic E-state index is -2.58. The molecule has 0 atom stereocenters. The highest BCUT2D eigenvalue weighted by Gasteiger charge is 2.35. The summed E-state index contributed by atoms with van der Waals surface area (Å²) in [6, 6.07) is 0. The molecular formula is C12H16F4N2. The van der Waals surface area contributed by atoms with Gasteiger partial charge >= 0.3 is 0 Å². The van der Waals surface area contributed by atoms with E-state index < -0.39 is 12.3 Å². The maximum Gasteiger partial charge on any atom is 0.282 e. The van der Waals surface area contributed by atoms with Gasteiger partial charge in [-0.15, -0.1) is 0 Å². The Morgan fingerprint density at radius 2 is 2.00 bits per heavy atom. The second-order valence-electron chi connectivity index (χ2n) is 5.02. The number of hydrogen-bond acceptors (Lipinski definition) is 1. The largest absolute Gasteiger partial charge is 0.282 e. The fourth-order valence-electron chi connectivity index (χ4n) is 2.39. The first-order valence-corrected chi connectivity index (χ1v) is 6.07. The van der Waals surface area contributed by atoms with Crippen LogP contribution in [0, 0.1) is 12.8 Å². The summed E-state index contributed by atoms with van der Waals surface area (Å²) in [5.74, 6) is -2.44. The molecule has 0 aromatic carbocycles. The van der Waals surface area contributed by atoms with Gasteiger partial charge in [-0.05, 0) is 31.2 Å². The fourth-order valence-corrected chi connectivity index (χ4v) is 2.39. The van der Waals surface area contributed by atoms with Crippen molar-refractivity contribution < 1.29 is 17.6 Å². The second kappa shape index (κ2) is 4.90. The number of halogens is 4. The lowest BCUT2D eigenvalue weighted by molar-refractivity contribution is -0.0476. The summed E-state index contributed by atoms with van der Waals surface area (Å²) in [7, 11) is 0. The number of rotatable bonds is 3. The predicted octanol–water partition coefficient (Wildman–Crippen LogP) is 3.95. The molecule has 6 heteroatoms. The highest BCUT2D eigenvalue weighted by molar-refractivity contribution is 5.15. The van der Waals surface area contributed by atoms with Crippen LogP contribution in [0.3, 0.4) is 0 Å². The third kappa shape index (κ3) is 3.03. The van der Waals surface area contributed by atoms with Crippen molar-refractivity contribution in [3.05, 3.63) is 17.5 Å². The maximum atomic E-state index is 13.0. The van der Waals surface area contributed by atoms with E-state index in [0.29, 0.717) is 24.9 Å². The van der Waals surface area contributed by atoms with Gasteiger partial charge < -0.3 is 0 Å². The normalized spacial score (nSPS) is 20.6. The monoisotopic (exact) mass is 264 g/mol. The molecule has 2 rings (SSSR count). The van der Waals surface area contributed by atoms with Crippen LogP contribution in [0.2, 0.25) is 0 Å². The van der Waals surface area contributed by atoms with Crippen LogP contribution in [-0.4, -0.2) is 15.7 Å². The average molecular weight is 264 g/mol. The number of aromatic nitrogens is 2. The van der Waals surface area contributed by atoms with Crippen molar-refractivity contribution in [3.8, 4) is 0 Å². The molecule has 1 heterocycles. The smallest absolute Gasteiger partial charge is 0.272 e. The highest BCUT2D eigenvalue weighted by atomic mass is 19.3. The summed E-state index contributed by atoms with van der Waals surface area (Å²) < 4.78 is 52.5. The van der Waals surface area contributed by atoms with Crippen LogP contribution >= 0.6 is 0 Å². The van der Waals surface area contributed by atoms with Crippen molar-refractivity contribution >= 4 is 0 Å². The molecule has 1 aromatic heterocycles. The zero-order valence-electron chi connectivity index (χ0n) is 10.2. The van der Waals surface area contributed by atoms with Gasteiger partial charge in [0, 0.05) is 25.6 Å². The Morgan fingerprint density at radius 1 is 1.39 bits per heavy atom. The van der Waals surface area contributed by atoms with E-state index in [4.69, 9.17) is 0 Å². The third-order valence-electron chi connectivity index (χ3n) is 3.47. The molecule has 1 aliphatic rings. The summed E-state index contributed by atoms with van der Waals surface area (Å²) in [4.78, 5) is 0. The van der Waals surface area contributed by atoms with Crippen LogP contribution in [0.1, 0.15) is 43.4 Å². The maximum absolute atomic E-state index is 13.0. The molecule has 0 amide bonds. The molecule has 0 bridgehead atoms. The lowest BCUT2D eigenvalue weighted by Gasteiger charge is -2.28. The van der Waals surface area contributed by atoms with Crippen LogP contribution in [-0.2, 0) is 6.54 Å². The van der Waals surface area contributed by atoms with E-state index in [1.807, 2.05) is 0 Å². The molecule has 1 aromatic rings. The number of nitrogens with zero attached hydrogens (tertiary/aromatic N) is 2. The first-order chi connectivity index (χ1) is 8.37. The van der Waals surface area contributed by atoms with Crippen molar-refractivity contribution in [2.45, 2.75) is 51.5 Å². The van der Waals surface area contributed by atoms with Crippen molar-refractivity contribution in [1.29, 1.82) is 0 Å². The van der Waals surface area contributed by atoms with Crippen molar-refractivity contribution in [2.75, 3.05) is 0 Å². The molecule has 102 valence electrons. The number of aryl methyl sites for hydroxylation is 1. The van der Waals surface area contributed by atoms with E-state index in [-0.39, 0.29) is 24.5 Å². The Bertz CT molecular complexity index is 404. The lowest BCUT2D eigenvalue weighted by Crippen LogP contribution is -2.26. The van der Waals surface area contributed by atoms with Crippen LogP contribution < -0.4 is 0 Å². The second-order valence-corrected chi connectivity index (χ2v) is 5.02. The topological polar surface area (TPSA) is 17.8 Å². The van der Waals surface area contributed by atoms with Gasteiger partial charge in [-0.2, -0.15) is 5.10 Å². The van der Waals surface area contributed by atoms with E-state index in [2.05, 4.69) is 5.10 Å². The highest BCUT2D eigenvalue weighted by Crippen LogP contribution is 2.36. The summed E-state index contributed by atoms with van der Waals surface area (Å²) in [6.07, 6.45) is -0.388. The van der Waals surface area contributed by atoms with Crippen molar-refractivity contribution in [1.82, 2.24) is 9.78 Å². The lowest BCUT2D eigenvalue weighted by atomic mass is 9.87. The Kier molecular flexibility index (Phi) is 3.64. The van der Waals surface area contributed by atoms with Gasteiger partial charge in [0.05, 0.1) is 0 Å². The van der Waals surface area contributed by atoms with Crippen LogP contribution in [0.4, 0.5) is 17.6 Å². The molecule has 0 spiro atoms. The standard InChI is InChI=1S/C12H16F4N2/c1-8-6-18(17-10(8)11(13)14)7-9-2-4-12(15,16)5-3-9/h6,9,11H,2-5,7H2,1H3. The Labute approximate surface area is 103 Å². The molecule has 2 nitrogen and oxygen atoms in total. The average Bonchev–Trinajstić information content (AvgIpc) is 2.63. The Hall–Kier alpha value is -1.07. The third-order valence-corrected chi connectivity index (χ3v) is 3.47. The first-order valence-electron chi connectivity index (χ1n) is 6.07. The van der Waals surface area contributed by atoms with E-state index >= 15 is 0 Å². The summed E-state index contributed by atoms with van der Waals surface area (Å²) in [5, 5.41) is 3.82. The minimum absolute atomic E-state index is 0.106. The summed E-state index contributed by atoms with van der Waals surface area (Å²) in [6.45, 7) is 2.03. The number of alkyl halides is 4. The number of hydrogen-bond donors (Lipinski definition) is 0. The van der Waals surface area contributed by atoms with Gasteiger partial charge in [0.2, 0.25) is 5.92 Å². The van der Waals surface area contributed by atoms with Crippen molar-refractivity contribution in [3.63, 3.8) is 0 Å². The molecule has 1 fully saturated rings. The van der Waals surface area contributed by atoms with Gasteiger partial charge in [0.1, 0.15) is 5.69 Å². The zero-order chi connectivity index (χ0) is 13.3. The zero-order valence-corrected chi connectivity index (χ0v) is 10.2. The van der Waals surface area contributed by atoms with E-state index in [1.54, 1.807) is 13.1 Å². The SMILES string of the molecule is Cc1cn(CC2CCC(F)(F)CC2)nc1C(F)F. The molecule has 1 aliphatic carbocycles. The summed E-state index contributed by atoms with van der Waals surface area (Å²) in [5.41, 5.74) is 0.238. The Morgan fingerprint density at radius 3 is 2.50 bits per heavy atom. The predicted molar refractivity (Wildman–Crippen MR) is 58.8 cm³/mol. The molecule has 0 N–H and O–H groups in total. The van der Waals surface area contributed by atoms with Crippen LogP contribution in [0.5, 0.6) is 0 Å². The molecule has 0 saturated heterocycles. The first kappa shape index (κ1) is 13.4. The fraction of sp³-hybridized carbons (Fsp3) is 0.750. The van der Waals surface area contributed by atoms with E-state index in [9.17, 15) is 17.6 Å². The van der Waals surface area contributed by atoms with Gasteiger partial charge in [-0.25, -0.2) is 17.6 Å². The molecule has 1 saturated carbocycles. The van der Waals surface area contributed by atoms with Gasteiger partial charge in [0.25, 0.3) is 6.43 Å². The van der Waals surface area contributed by atoms with Gasteiger partial charge in [-0.3, -0.25) is 4.68 Å². The van der Waals surface area contributed by atoms with Gasteiger partial charge in [0.15, 0.2) is 0 Å². The Balaban J connectivity index is 1.96. The van der Waals surface area contributed by atoms with Gasteiger partial charge in [-0.1, -0.05) is 0 Å². The quantitative estimate of drug-likeness (QED) is 0.756. The molecule has 18 heavy (non-hydrogen) atoms. The molecule has 0 radical (unpaired) electrons. The molecular weight excluding hydrogens is 248 g/mol. The molecule has 0 unspecified atom stereocenters. The van der Waals surface area contributed by atoms with Crippen molar-refractivity contribution in [2.24, 2.45) is 5.92 Å². The van der Waals surface area contributed by atoms with E-state index in [0.717, 1.165) is 0 Å². The summed E-state index contributed by atoms with van der Waals surface area (Å²) >= 11 is 0. The minimum Gasteiger partial charge on any atom is -0.272 e. The van der Waals surface area contributed by atoms with E-state index in [1.165, 1.54) is 4.68 Å². The molecule has 0 aliphatic heterocycles. The van der Waals surface area contributed by atoms with Crippen LogP contribution in [0.25, 0.3) is 0 Å². The van der Waals surface area contributed by atoms with Crippen LogP contribution in [0.15, 0.2) is 6.20 Å².